The number of nitrogens with one attached hydrogen (secondary N) is 1. The van der Waals surface area contributed by atoms with E-state index < -0.39 is 0 Å². The molecule has 1 aliphatic rings. The minimum Gasteiger partial charge on any atom is -0.348 e. The summed E-state index contributed by atoms with van der Waals surface area (Å²) in [6, 6.07) is 16.7. The Hall–Kier alpha value is -2.99. The second-order valence-corrected chi connectivity index (χ2v) is 7.97. The van der Waals surface area contributed by atoms with Gasteiger partial charge in [0.2, 0.25) is 0 Å². The quantitative estimate of drug-likeness (QED) is 0.696. The third-order valence-electron chi connectivity index (χ3n) is 5.68. The second-order valence-electron chi connectivity index (χ2n) is 7.97. The number of aryl methyl sites for hydroxylation is 1. The summed E-state index contributed by atoms with van der Waals surface area (Å²) in [5, 5.41) is 7.73. The van der Waals surface area contributed by atoms with Crippen LogP contribution in [-0.4, -0.2) is 39.7 Å². The van der Waals surface area contributed by atoms with E-state index in [0.717, 1.165) is 43.9 Å². The van der Waals surface area contributed by atoms with E-state index in [4.69, 9.17) is 0 Å². The average molecular weight is 407 g/mol. The van der Waals surface area contributed by atoms with E-state index >= 15 is 0 Å². The lowest BCUT2D eigenvalue weighted by atomic mass is 10.0. The molecule has 1 saturated heterocycles. The molecule has 2 heterocycles. The summed E-state index contributed by atoms with van der Waals surface area (Å²) >= 11 is 0. The van der Waals surface area contributed by atoms with Crippen LogP contribution >= 0.6 is 0 Å². The lowest BCUT2D eigenvalue weighted by Crippen LogP contribution is -2.47. The number of benzene rings is 2. The molecule has 4 rings (SSSR count). The van der Waals surface area contributed by atoms with Crippen LogP contribution < -0.4 is 5.32 Å². The van der Waals surface area contributed by atoms with E-state index in [1.54, 1.807) is 16.8 Å². The zero-order chi connectivity index (χ0) is 21.1. The number of hydrogen-bond acceptors (Lipinski definition) is 3. The Morgan fingerprint density at radius 2 is 1.87 bits per heavy atom. The topological polar surface area (TPSA) is 50.2 Å². The first-order valence-electron chi connectivity index (χ1n) is 10.4. The Morgan fingerprint density at radius 1 is 1.13 bits per heavy atom. The van der Waals surface area contributed by atoms with Crippen molar-refractivity contribution in [2.24, 2.45) is 0 Å². The highest BCUT2D eigenvalue weighted by Crippen LogP contribution is 2.20. The smallest absolute Gasteiger partial charge is 0.255 e. The third kappa shape index (κ3) is 4.44. The number of carbonyl (C=O) groups excluding carboxylic acids is 1. The SMILES string of the molecule is Cc1nn(-c2ccc(F)cc2)c(C)c1C(=O)N[C@@H]1CCCN(Cc2ccccc2)C1. The summed E-state index contributed by atoms with van der Waals surface area (Å²) < 4.78 is 14.9. The van der Waals surface area contributed by atoms with Crippen molar-refractivity contribution in [3.8, 4) is 5.69 Å². The second kappa shape index (κ2) is 8.79. The number of halogens is 1. The van der Waals surface area contributed by atoms with Crippen molar-refractivity contribution in [2.75, 3.05) is 13.1 Å². The molecule has 1 aromatic heterocycles. The van der Waals surface area contributed by atoms with Crippen LogP contribution in [-0.2, 0) is 6.54 Å². The first kappa shape index (κ1) is 20.3. The molecule has 0 saturated carbocycles. The van der Waals surface area contributed by atoms with Gasteiger partial charge in [-0.25, -0.2) is 9.07 Å². The standard InChI is InChI=1S/C24H27FN4O/c1-17-23(18(2)29(27-17)22-12-10-20(25)11-13-22)24(30)26-21-9-6-14-28(16-21)15-19-7-4-3-5-8-19/h3-5,7-8,10-13,21H,6,9,14-16H2,1-2H3,(H,26,30)/t21-/m1/s1. The summed E-state index contributed by atoms with van der Waals surface area (Å²) in [6.45, 7) is 6.49. The van der Waals surface area contributed by atoms with E-state index in [1.165, 1.54) is 17.7 Å². The molecule has 0 radical (unpaired) electrons. The predicted molar refractivity (Wildman–Crippen MR) is 115 cm³/mol. The van der Waals surface area contributed by atoms with Crippen LogP contribution in [0, 0.1) is 19.7 Å². The first-order chi connectivity index (χ1) is 14.5. The van der Waals surface area contributed by atoms with Crippen molar-refractivity contribution in [1.29, 1.82) is 0 Å². The molecule has 1 amide bonds. The molecule has 1 N–H and O–H groups in total. The van der Waals surface area contributed by atoms with Crippen LogP contribution in [0.4, 0.5) is 4.39 Å². The summed E-state index contributed by atoms with van der Waals surface area (Å²) in [4.78, 5) is 15.5. The molecule has 156 valence electrons. The highest BCUT2D eigenvalue weighted by molar-refractivity contribution is 5.96. The highest BCUT2D eigenvalue weighted by atomic mass is 19.1. The van der Waals surface area contributed by atoms with Gasteiger partial charge in [0.25, 0.3) is 5.91 Å². The Labute approximate surface area is 176 Å². The molecule has 0 spiro atoms. The van der Waals surface area contributed by atoms with Gasteiger partial charge >= 0.3 is 0 Å². The fraction of sp³-hybridized carbons (Fsp3) is 0.333. The maximum Gasteiger partial charge on any atom is 0.255 e. The molecule has 0 unspecified atom stereocenters. The van der Waals surface area contributed by atoms with Gasteiger partial charge in [-0.05, 0) is 63.1 Å². The van der Waals surface area contributed by atoms with Crippen molar-refractivity contribution in [2.45, 2.75) is 39.3 Å². The van der Waals surface area contributed by atoms with Crippen molar-refractivity contribution in [3.63, 3.8) is 0 Å². The number of hydrogen-bond donors (Lipinski definition) is 1. The lowest BCUT2D eigenvalue weighted by Gasteiger charge is -2.33. The number of amides is 1. The largest absolute Gasteiger partial charge is 0.348 e. The molecule has 3 aromatic rings. The highest BCUT2D eigenvalue weighted by Gasteiger charge is 2.25. The summed E-state index contributed by atoms with van der Waals surface area (Å²) in [5.74, 6) is -0.388. The molecular formula is C24H27FN4O. The summed E-state index contributed by atoms with van der Waals surface area (Å²) in [5.41, 5.74) is 4.05. The summed E-state index contributed by atoms with van der Waals surface area (Å²) in [7, 11) is 0. The molecule has 1 atom stereocenters. The van der Waals surface area contributed by atoms with E-state index in [2.05, 4.69) is 39.6 Å². The van der Waals surface area contributed by atoms with Crippen LogP contribution in [0.15, 0.2) is 54.6 Å². The van der Waals surface area contributed by atoms with Gasteiger partial charge in [0.15, 0.2) is 0 Å². The zero-order valence-electron chi connectivity index (χ0n) is 17.4. The van der Waals surface area contributed by atoms with Crippen molar-refractivity contribution in [3.05, 3.63) is 82.9 Å². The maximum absolute atomic E-state index is 13.2. The number of aromatic nitrogens is 2. The first-order valence-corrected chi connectivity index (χ1v) is 10.4. The Morgan fingerprint density at radius 3 is 2.60 bits per heavy atom. The van der Waals surface area contributed by atoms with Crippen molar-refractivity contribution >= 4 is 5.91 Å². The van der Waals surface area contributed by atoms with E-state index in [-0.39, 0.29) is 17.8 Å². The Kier molecular flexibility index (Phi) is 5.95. The molecule has 5 nitrogen and oxygen atoms in total. The van der Waals surface area contributed by atoms with E-state index in [9.17, 15) is 9.18 Å². The zero-order valence-corrected chi connectivity index (χ0v) is 17.4. The molecule has 2 aromatic carbocycles. The van der Waals surface area contributed by atoms with Gasteiger partial charge in [0.05, 0.1) is 22.6 Å². The van der Waals surface area contributed by atoms with Gasteiger partial charge in [-0.2, -0.15) is 5.10 Å². The predicted octanol–water partition coefficient (Wildman–Crippen LogP) is 4.02. The van der Waals surface area contributed by atoms with Crippen molar-refractivity contribution in [1.82, 2.24) is 20.0 Å². The van der Waals surface area contributed by atoms with Crippen molar-refractivity contribution < 1.29 is 9.18 Å². The number of nitrogens with zero attached hydrogens (tertiary/aromatic N) is 3. The van der Waals surface area contributed by atoms with Crippen LogP contribution in [0.2, 0.25) is 0 Å². The molecule has 1 aliphatic heterocycles. The average Bonchev–Trinajstić information content (AvgIpc) is 3.03. The molecule has 30 heavy (non-hydrogen) atoms. The lowest BCUT2D eigenvalue weighted by molar-refractivity contribution is 0.0899. The maximum atomic E-state index is 13.2. The summed E-state index contributed by atoms with van der Waals surface area (Å²) in [6.07, 6.45) is 2.03. The van der Waals surface area contributed by atoms with E-state index in [0.29, 0.717) is 11.3 Å². The minimum atomic E-state index is -0.296. The molecule has 6 heteroatoms. The van der Waals surface area contributed by atoms with Crippen LogP contribution in [0.25, 0.3) is 5.69 Å². The fourth-order valence-electron chi connectivity index (χ4n) is 4.22. The minimum absolute atomic E-state index is 0.0927. The van der Waals surface area contributed by atoms with Crippen LogP contribution in [0.5, 0.6) is 0 Å². The Bertz CT molecular complexity index is 1010. The van der Waals surface area contributed by atoms with Crippen LogP contribution in [0.1, 0.15) is 40.2 Å². The molecule has 0 aliphatic carbocycles. The third-order valence-corrected chi connectivity index (χ3v) is 5.68. The molecular weight excluding hydrogens is 379 g/mol. The van der Waals surface area contributed by atoms with Gasteiger partial charge in [-0.3, -0.25) is 9.69 Å². The molecule has 1 fully saturated rings. The number of rotatable bonds is 5. The fourth-order valence-corrected chi connectivity index (χ4v) is 4.22. The number of likely N-dealkylation sites (tertiary alicyclic amines) is 1. The van der Waals surface area contributed by atoms with Crippen LogP contribution in [0.3, 0.4) is 0 Å². The normalized spacial score (nSPS) is 17.1. The Balaban J connectivity index is 1.45. The number of carbonyl (C=O) groups is 1. The monoisotopic (exact) mass is 406 g/mol. The molecule has 0 bridgehead atoms. The van der Waals surface area contributed by atoms with E-state index in [1.807, 2.05) is 19.9 Å². The van der Waals surface area contributed by atoms with Gasteiger partial charge in [-0.1, -0.05) is 30.3 Å². The van der Waals surface area contributed by atoms with Gasteiger partial charge in [0.1, 0.15) is 5.82 Å². The van der Waals surface area contributed by atoms with Gasteiger partial charge < -0.3 is 5.32 Å². The van der Waals surface area contributed by atoms with Gasteiger partial charge in [-0.15, -0.1) is 0 Å². The number of piperidine rings is 1. The van der Waals surface area contributed by atoms with Gasteiger partial charge in [0, 0.05) is 19.1 Å².